The van der Waals surface area contributed by atoms with E-state index in [4.69, 9.17) is 9.47 Å². The van der Waals surface area contributed by atoms with E-state index < -0.39 is 54.2 Å². The van der Waals surface area contributed by atoms with E-state index in [9.17, 15) is 37.9 Å². The van der Waals surface area contributed by atoms with E-state index in [1.54, 1.807) is 36.1 Å². The molecule has 13 nitrogen and oxygen atoms in total. The lowest BCUT2D eigenvalue weighted by atomic mass is 10.0. The molecule has 0 radical (unpaired) electrons. The minimum absolute atomic E-state index is 0.123. The number of para-hydroxylation sites is 1. The molecular weight excluding hydrogens is 644 g/mol. The molecule has 1 aromatic heterocycles. The smallest absolute Gasteiger partial charge is 0.409 e. The van der Waals surface area contributed by atoms with E-state index in [-0.39, 0.29) is 63.0 Å². The van der Waals surface area contributed by atoms with Gasteiger partial charge in [0.2, 0.25) is 5.91 Å². The van der Waals surface area contributed by atoms with Crippen molar-refractivity contribution in [2.45, 2.75) is 44.7 Å². The molecule has 15 heteroatoms. The van der Waals surface area contributed by atoms with E-state index in [2.05, 4.69) is 10.3 Å². The van der Waals surface area contributed by atoms with Crippen molar-refractivity contribution >= 4 is 40.7 Å². The predicted octanol–water partition coefficient (Wildman–Crippen LogP) is 3.52. The fourth-order valence-electron chi connectivity index (χ4n) is 6.03. The molecule has 0 aliphatic carbocycles. The summed E-state index contributed by atoms with van der Waals surface area (Å²) in [5.41, 5.74) is 0.732. The van der Waals surface area contributed by atoms with Gasteiger partial charge in [0.1, 0.15) is 17.5 Å². The SMILES string of the molecule is CCOC(=O)N1CCN(C(=O)C(CCC(=O)O)NC(=O)c2cc(OCC(=O)N3CCC[C@H]3c3ccc(F)c(F)c3)c3ccccc3n2)CC1. The Morgan fingerprint density at radius 1 is 0.980 bits per heavy atom. The van der Waals surface area contributed by atoms with Gasteiger partial charge >= 0.3 is 12.1 Å². The number of nitrogens with zero attached hydrogens (tertiary/aromatic N) is 4. The van der Waals surface area contributed by atoms with Gasteiger partial charge in [-0.15, -0.1) is 0 Å². The van der Waals surface area contributed by atoms with Crippen LogP contribution in [0.25, 0.3) is 10.9 Å². The van der Waals surface area contributed by atoms with Crippen molar-refractivity contribution in [2.75, 3.05) is 45.9 Å². The summed E-state index contributed by atoms with van der Waals surface area (Å²) in [5.74, 6) is -4.58. The van der Waals surface area contributed by atoms with Crippen molar-refractivity contribution in [3.8, 4) is 5.75 Å². The maximum atomic E-state index is 13.9. The second-order valence-corrected chi connectivity index (χ2v) is 11.7. The number of aliphatic carboxylic acids is 1. The lowest BCUT2D eigenvalue weighted by molar-refractivity contribution is -0.138. The van der Waals surface area contributed by atoms with Gasteiger partial charge in [-0.3, -0.25) is 19.2 Å². The van der Waals surface area contributed by atoms with Crippen LogP contribution in [-0.2, 0) is 19.1 Å². The molecule has 0 bridgehead atoms. The number of carbonyl (C=O) groups is 5. The van der Waals surface area contributed by atoms with Crippen LogP contribution in [0.3, 0.4) is 0 Å². The maximum absolute atomic E-state index is 13.9. The average Bonchev–Trinajstić information content (AvgIpc) is 3.60. The summed E-state index contributed by atoms with van der Waals surface area (Å²) >= 11 is 0. The zero-order valence-corrected chi connectivity index (χ0v) is 26.9. The Morgan fingerprint density at radius 3 is 2.43 bits per heavy atom. The van der Waals surface area contributed by atoms with E-state index in [1.165, 1.54) is 21.9 Å². The number of carbonyl (C=O) groups excluding carboxylic acids is 4. The van der Waals surface area contributed by atoms with Gasteiger partial charge in [-0.2, -0.15) is 0 Å². The molecule has 0 spiro atoms. The molecule has 2 N–H and O–H groups in total. The predicted molar refractivity (Wildman–Crippen MR) is 171 cm³/mol. The molecule has 260 valence electrons. The van der Waals surface area contributed by atoms with Crippen molar-refractivity contribution in [3.63, 3.8) is 0 Å². The van der Waals surface area contributed by atoms with Gasteiger partial charge in [-0.1, -0.05) is 18.2 Å². The molecule has 2 aliphatic rings. The Kier molecular flexibility index (Phi) is 11.2. The third-order valence-electron chi connectivity index (χ3n) is 8.53. The van der Waals surface area contributed by atoms with E-state index >= 15 is 0 Å². The van der Waals surface area contributed by atoms with Gasteiger partial charge in [0, 0.05) is 50.6 Å². The molecule has 0 saturated carbocycles. The minimum atomic E-state index is -1.19. The summed E-state index contributed by atoms with van der Waals surface area (Å²) in [6.45, 7) is 2.68. The molecule has 1 unspecified atom stereocenters. The van der Waals surface area contributed by atoms with Gasteiger partial charge in [0.25, 0.3) is 11.8 Å². The fourth-order valence-corrected chi connectivity index (χ4v) is 6.03. The number of piperazine rings is 1. The molecule has 4 amide bonds. The summed E-state index contributed by atoms with van der Waals surface area (Å²) in [4.78, 5) is 72.7. The first kappa shape index (κ1) is 35.0. The Labute approximate surface area is 280 Å². The number of benzene rings is 2. The fraction of sp³-hybridized carbons (Fsp3) is 0.412. The lowest BCUT2D eigenvalue weighted by Crippen LogP contribution is -2.56. The highest BCUT2D eigenvalue weighted by Gasteiger charge is 2.33. The topological polar surface area (TPSA) is 159 Å². The normalized spacial score (nSPS) is 16.7. The number of likely N-dealkylation sites (tertiary alicyclic amines) is 1. The van der Waals surface area contributed by atoms with Crippen molar-refractivity contribution in [3.05, 3.63) is 71.4 Å². The largest absolute Gasteiger partial charge is 0.483 e. The van der Waals surface area contributed by atoms with Crippen LogP contribution in [-0.4, -0.2) is 107 Å². The number of rotatable bonds is 11. The molecule has 2 saturated heterocycles. The van der Waals surface area contributed by atoms with Crippen molar-refractivity contribution in [2.24, 2.45) is 0 Å². The van der Waals surface area contributed by atoms with E-state index in [0.29, 0.717) is 35.9 Å². The number of amides is 4. The monoisotopic (exact) mass is 681 g/mol. The first-order chi connectivity index (χ1) is 23.5. The highest BCUT2D eigenvalue weighted by Crippen LogP contribution is 2.33. The summed E-state index contributed by atoms with van der Waals surface area (Å²) < 4.78 is 38.4. The summed E-state index contributed by atoms with van der Waals surface area (Å²) in [6.07, 6.45) is 0.181. The highest BCUT2D eigenvalue weighted by atomic mass is 19.2. The third-order valence-corrected chi connectivity index (χ3v) is 8.53. The molecule has 2 fully saturated rings. The van der Waals surface area contributed by atoms with Crippen LogP contribution in [0.1, 0.15) is 54.7 Å². The number of aromatic nitrogens is 1. The van der Waals surface area contributed by atoms with E-state index in [0.717, 1.165) is 12.1 Å². The van der Waals surface area contributed by atoms with Crippen molar-refractivity contribution < 1.29 is 47.3 Å². The van der Waals surface area contributed by atoms with Crippen LogP contribution < -0.4 is 10.1 Å². The number of nitrogens with one attached hydrogen (secondary N) is 1. The maximum Gasteiger partial charge on any atom is 0.409 e. The lowest BCUT2D eigenvalue weighted by Gasteiger charge is -2.35. The first-order valence-electron chi connectivity index (χ1n) is 16.1. The molecule has 5 rings (SSSR count). The molecule has 2 aromatic carbocycles. The average molecular weight is 682 g/mol. The molecular formula is C34H37F2N5O8. The quantitative estimate of drug-likeness (QED) is 0.309. The molecule has 3 aromatic rings. The second kappa shape index (κ2) is 15.7. The summed E-state index contributed by atoms with van der Waals surface area (Å²) in [5, 5.41) is 12.4. The number of ether oxygens (including phenoxy) is 2. The number of halogens is 2. The van der Waals surface area contributed by atoms with Crippen LogP contribution in [0.4, 0.5) is 13.6 Å². The highest BCUT2D eigenvalue weighted by molar-refractivity contribution is 5.99. The molecule has 3 heterocycles. The minimum Gasteiger partial charge on any atom is -0.483 e. The Balaban J connectivity index is 1.30. The number of pyridine rings is 1. The van der Waals surface area contributed by atoms with Gasteiger partial charge in [0.05, 0.1) is 18.2 Å². The summed E-state index contributed by atoms with van der Waals surface area (Å²) in [6, 6.07) is 10.1. The molecule has 2 atom stereocenters. The van der Waals surface area contributed by atoms with E-state index in [1.807, 2.05) is 0 Å². The number of hydrogen-bond acceptors (Lipinski definition) is 8. The van der Waals surface area contributed by atoms with Gasteiger partial charge in [-0.05, 0) is 56.0 Å². The summed E-state index contributed by atoms with van der Waals surface area (Å²) in [7, 11) is 0. The van der Waals surface area contributed by atoms with Crippen molar-refractivity contribution in [1.29, 1.82) is 0 Å². The Bertz CT molecular complexity index is 1730. The molecule has 49 heavy (non-hydrogen) atoms. The molecule has 2 aliphatic heterocycles. The van der Waals surface area contributed by atoms with Crippen LogP contribution in [0.2, 0.25) is 0 Å². The van der Waals surface area contributed by atoms with Gasteiger partial charge < -0.3 is 34.6 Å². The van der Waals surface area contributed by atoms with Gasteiger partial charge in [-0.25, -0.2) is 18.6 Å². The number of hydrogen-bond donors (Lipinski definition) is 2. The van der Waals surface area contributed by atoms with Crippen LogP contribution in [0, 0.1) is 11.6 Å². The number of carboxylic acid groups (broad SMARTS) is 1. The Morgan fingerprint density at radius 2 is 1.71 bits per heavy atom. The van der Waals surface area contributed by atoms with Crippen LogP contribution in [0.15, 0.2) is 48.5 Å². The van der Waals surface area contributed by atoms with Gasteiger partial charge in [0.15, 0.2) is 18.2 Å². The first-order valence-corrected chi connectivity index (χ1v) is 16.1. The standard InChI is InChI=1S/C34H37F2N5O8/c1-2-48-34(47)40-16-14-39(15-17-40)33(46)26(11-12-31(43)44)38-32(45)27-19-29(22-6-3-4-7-25(22)37-27)49-20-30(42)41-13-5-8-28(41)21-9-10-23(35)24(36)18-21/h3-4,6-7,9-10,18-19,26,28H,2,5,8,11-17,20H2,1H3,(H,38,45)(H,43,44)/t26?,28-/m0/s1. The number of fused-ring (bicyclic) bond motifs is 1. The third kappa shape index (κ3) is 8.39. The number of carboxylic acids is 1. The zero-order valence-electron chi connectivity index (χ0n) is 26.9. The zero-order chi connectivity index (χ0) is 35.1. The Hall–Kier alpha value is -5.34. The van der Waals surface area contributed by atoms with Crippen LogP contribution >= 0.6 is 0 Å². The second-order valence-electron chi connectivity index (χ2n) is 11.7. The van der Waals surface area contributed by atoms with Crippen molar-refractivity contribution in [1.82, 2.24) is 25.0 Å². The van der Waals surface area contributed by atoms with Crippen LogP contribution in [0.5, 0.6) is 5.75 Å².